The number of carbonyl (C=O) groups is 1. The van der Waals surface area contributed by atoms with Gasteiger partial charge in [-0.3, -0.25) is 9.48 Å². The second-order valence-corrected chi connectivity index (χ2v) is 5.12. The van der Waals surface area contributed by atoms with Crippen molar-refractivity contribution in [3.8, 4) is 0 Å². The predicted octanol–water partition coefficient (Wildman–Crippen LogP) is 2.47. The van der Waals surface area contributed by atoms with E-state index in [4.69, 9.17) is 0 Å². The number of aryl methyl sites for hydroxylation is 1. The number of aromatic nitrogens is 2. The quantitative estimate of drug-likeness (QED) is 0.915. The lowest BCUT2D eigenvalue weighted by molar-refractivity contribution is -0.117. The van der Waals surface area contributed by atoms with Crippen molar-refractivity contribution in [2.75, 3.05) is 5.32 Å². The molecule has 0 spiro atoms. The lowest BCUT2D eigenvalue weighted by Crippen LogP contribution is -2.15. The Morgan fingerprint density at radius 1 is 1.37 bits per heavy atom. The van der Waals surface area contributed by atoms with E-state index in [2.05, 4.69) is 22.5 Å². The first-order chi connectivity index (χ1) is 9.16. The molecule has 1 aliphatic rings. The van der Waals surface area contributed by atoms with Crippen LogP contribution < -0.4 is 5.32 Å². The standard InChI is InChI=1S/C15H17N3O/c1-10-14(9-16-18(10)2)17-15(19)13-8-12(13)11-6-4-3-5-7-11/h3-7,9,12-13H,8H2,1-2H3,(H,17,19). The molecule has 4 heteroatoms. The summed E-state index contributed by atoms with van der Waals surface area (Å²) in [5.41, 5.74) is 3.04. The summed E-state index contributed by atoms with van der Waals surface area (Å²) in [6.07, 6.45) is 2.64. The highest BCUT2D eigenvalue weighted by Crippen LogP contribution is 2.47. The number of nitrogens with zero attached hydrogens (tertiary/aromatic N) is 2. The molecule has 1 aromatic carbocycles. The van der Waals surface area contributed by atoms with Gasteiger partial charge < -0.3 is 5.32 Å². The maximum Gasteiger partial charge on any atom is 0.228 e. The van der Waals surface area contributed by atoms with Crippen molar-refractivity contribution >= 4 is 11.6 Å². The fraction of sp³-hybridized carbons (Fsp3) is 0.333. The van der Waals surface area contributed by atoms with E-state index in [1.807, 2.05) is 32.2 Å². The van der Waals surface area contributed by atoms with Gasteiger partial charge in [-0.05, 0) is 24.8 Å². The van der Waals surface area contributed by atoms with Gasteiger partial charge in [0.2, 0.25) is 5.91 Å². The normalized spacial score (nSPS) is 21.2. The number of anilines is 1. The second-order valence-electron chi connectivity index (χ2n) is 5.12. The van der Waals surface area contributed by atoms with Gasteiger partial charge in [-0.25, -0.2) is 0 Å². The van der Waals surface area contributed by atoms with Crippen LogP contribution in [0.3, 0.4) is 0 Å². The largest absolute Gasteiger partial charge is 0.323 e. The average molecular weight is 255 g/mol. The van der Waals surface area contributed by atoms with Crippen LogP contribution in [0.5, 0.6) is 0 Å². The van der Waals surface area contributed by atoms with Gasteiger partial charge in [-0.2, -0.15) is 5.10 Å². The zero-order valence-corrected chi connectivity index (χ0v) is 11.1. The third kappa shape index (κ3) is 2.26. The number of nitrogens with one attached hydrogen (secondary N) is 1. The molecule has 2 unspecified atom stereocenters. The molecule has 2 atom stereocenters. The van der Waals surface area contributed by atoms with Gasteiger partial charge in [-0.1, -0.05) is 30.3 Å². The molecule has 1 aliphatic carbocycles. The van der Waals surface area contributed by atoms with E-state index in [9.17, 15) is 4.79 Å². The molecule has 1 fully saturated rings. The van der Waals surface area contributed by atoms with Crippen molar-refractivity contribution in [2.24, 2.45) is 13.0 Å². The molecule has 0 aliphatic heterocycles. The Morgan fingerprint density at radius 2 is 2.11 bits per heavy atom. The van der Waals surface area contributed by atoms with Gasteiger partial charge in [0.15, 0.2) is 0 Å². The van der Waals surface area contributed by atoms with Crippen molar-refractivity contribution in [1.82, 2.24) is 9.78 Å². The average Bonchev–Trinajstić information content (AvgIpc) is 3.18. The van der Waals surface area contributed by atoms with E-state index < -0.39 is 0 Å². The van der Waals surface area contributed by atoms with Gasteiger partial charge in [0.25, 0.3) is 0 Å². The van der Waals surface area contributed by atoms with Gasteiger partial charge in [0.1, 0.15) is 0 Å². The zero-order chi connectivity index (χ0) is 13.4. The third-order valence-electron chi connectivity index (χ3n) is 3.85. The van der Waals surface area contributed by atoms with Crippen LogP contribution in [0, 0.1) is 12.8 Å². The van der Waals surface area contributed by atoms with E-state index in [1.165, 1.54) is 5.56 Å². The molecule has 0 radical (unpaired) electrons. The molecule has 1 aromatic heterocycles. The zero-order valence-electron chi connectivity index (χ0n) is 11.1. The minimum absolute atomic E-state index is 0.0991. The first-order valence-corrected chi connectivity index (χ1v) is 6.51. The lowest BCUT2D eigenvalue weighted by Gasteiger charge is -2.04. The number of carbonyl (C=O) groups excluding carboxylic acids is 1. The van der Waals surface area contributed by atoms with Gasteiger partial charge in [0, 0.05) is 13.0 Å². The Hall–Kier alpha value is -2.10. The molecule has 98 valence electrons. The number of benzene rings is 1. The summed E-state index contributed by atoms with van der Waals surface area (Å²) in [4.78, 5) is 12.2. The van der Waals surface area contributed by atoms with Crippen molar-refractivity contribution in [2.45, 2.75) is 19.3 Å². The van der Waals surface area contributed by atoms with Crippen molar-refractivity contribution in [3.05, 3.63) is 47.8 Å². The summed E-state index contributed by atoms with van der Waals surface area (Å²) in [7, 11) is 1.87. The fourth-order valence-corrected chi connectivity index (χ4v) is 2.40. The van der Waals surface area contributed by atoms with Gasteiger partial charge >= 0.3 is 0 Å². The summed E-state index contributed by atoms with van der Waals surface area (Å²) in [6.45, 7) is 1.95. The number of hydrogen-bond donors (Lipinski definition) is 1. The minimum atomic E-state index is 0.0991. The maximum atomic E-state index is 12.2. The molecule has 4 nitrogen and oxygen atoms in total. The van der Waals surface area contributed by atoms with Crippen LogP contribution in [0.15, 0.2) is 36.5 Å². The molecular formula is C15H17N3O. The van der Waals surface area contributed by atoms with Crippen LogP contribution in [0.4, 0.5) is 5.69 Å². The van der Waals surface area contributed by atoms with Crippen LogP contribution in [-0.4, -0.2) is 15.7 Å². The number of amides is 1. The Labute approximate surface area is 112 Å². The number of rotatable bonds is 3. The molecule has 2 aromatic rings. The second kappa shape index (κ2) is 4.53. The molecule has 0 bridgehead atoms. The van der Waals surface area contributed by atoms with Gasteiger partial charge in [0.05, 0.1) is 17.6 Å². The molecule has 1 saturated carbocycles. The molecular weight excluding hydrogens is 238 g/mol. The van der Waals surface area contributed by atoms with Crippen molar-refractivity contribution in [3.63, 3.8) is 0 Å². The Bertz CT molecular complexity index is 603. The SMILES string of the molecule is Cc1c(NC(=O)C2CC2c2ccccc2)cnn1C. The molecule has 0 saturated heterocycles. The minimum Gasteiger partial charge on any atom is -0.323 e. The van der Waals surface area contributed by atoms with E-state index in [-0.39, 0.29) is 11.8 Å². The molecule has 3 rings (SSSR count). The maximum absolute atomic E-state index is 12.2. The summed E-state index contributed by atoms with van der Waals surface area (Å²) >= 11 is 0. The van der Waals surface area contributed by atoms with Crippen LogP contribution in [0.2, 0.25) is 0 Å². The van der Waals surface area contributed by atoms with Crippen LogP contribution in [-0.2, 0) is 11.8 Å². The lowest BCUT2D eigenvalue weighted by atomic mass is 10.1. The smallest absolute Gasteiger partial charge is 0.228 e. The Morgan fingerprint density at radius 3 is 2.74 bits per heavy atom. The van der Waals surface area contributed by atoms with E-state index in [0.717, 1.165) is 17.8 Å². The summed E-state index contributed by atoms with van der Waals surface area (Å²) in [5.74, 6) is 0.574. The van der Waals surface area contributed by atoms with Crippen LogP contribution in [0.25, 0.3) is 0 Å². The predicted molar refractivity (Wildman–Crippen MR) is 73.9 cm³/mol. The van der Waals surface area contributed by atoms with E-state index in [0.29, 0.717) is 5.92 Å². The fourth-order valence-electron chi connectivity index (χ4n) is 2.40. The van der Waals surface area contributed by atoms with Crippen LogP contribution >= 0.6 is 0 Å². The highest BCUT2D eigenvalue weighted by molar-refractivity contribution is 5.95. The number of hydrogen-bond acceptors (Lipinski definition) is 2. The first-order valence-electron chi connectivity index (χ1n) is 6.51. The first kappa shape index (κ1) is 12.0. The summed E-state index contributed by atoms with van der Waals surface area (Å²) in [5, 5.41) is 7.10. The van der Waals surface area contributed by atoms with E-state index >= 15 is 0 Å². The Kier molecular flexibility index (Phi) is 2.85. The highest BCUT2D eigenvalue weighted by atomic mass is 16.2. The Balaban J connectivity index is 1.66. The molecule has 19 heavy (non-hydrogen) atoms. The molecule has 1 amide bonds. The highest BCUT2D eigenvalue weighted by Gasteiger charge is 2.43. The van der Waals surface area contributed by atoms with Crippen LogP contribution in [0.1, 0.15) is 23.6 Å². The third-order valence-corrected chi connectivity index (χ3v) is 3.85. The summed E-state index contributed by atoms with van der Waals surface area (Å²) in [6, 6.07) is 10.2. The monoisotopic (exact) mass is 255 g/mol. The van der Waals surface area contributed by atoms with Gasteiger partial charge in [-0.15, -0.1) is 0 Å². The molecule has 1 heterocycles. The van der Waals surface area contributed by atoms with E-state index in [1.54, 1.807) is 10.9 Å². The molecule has 1 N–H and O–H groups in total. The topological polar surface area (TPSA) is 46.9 Å². The van der Waals surface area contributed by atoms with Crippen molar-refractivity contribution in [1.29, 1.82) is 0 Å². The summed E-state index contributed by atoms with van der Waals surface area (Å²) < 4.78 is 1.76. The van der Waals surface area contributed by atoms with Crippen molar-refractivity contribution < 1.29 is 4.79 Å².